The molecular formula is C11H16Cl2N2S. The summed E-state index contributed by atoms with van der Waals surface area (Å²) in [5.74, 6) is 0.613. The van der Waals surface area contributed by atoms with Crippen LogP contribution < -0.4 is 0 Å². The van der Waals surface area contributed by atoms with E-state index < -0.39 is 0 Å². The Morgan fingerprint density at radius 2 is 2.12 bits per heavy atom. The second kappa shape index (κ2) is 4.79. The van der Waals surface area contributed by atoms with Gasteiger partial charge in [0.2, 0.25) is 0 Å². The highest BCUT2D eigenvalue weighted by molar-refractivity contribution is 8.16. The summed E-state index contributed by atoms with van der Waals surface area (Å²) in [4.78, 5) is 7.26. The highest BCUT2D eigenvalue weighted by atomic mass is 35.5. The lowest BCUT2D eigenvalue weighted by atomic mass is 9.82. The second-order valence-corrected chi connectivity index (χ2v) is 5.73. The van der Waals surface area contributed by atoms with E-state index in [2.05, 4.69) is 10.3 Å². The van der Waals surface area contributed by atoms with Crippen molar-refractivity contribution >= 4 is 40.9 Å². The maximum atomic E-state index is 5.92. The number of rotatable bonds is 1. The minimum absolute atomic E-state index is 0. The van der Waals surface area contributed by atoms with E-state index in [-0.39, 0.29) is 17.9 Å². The maximum absolute atomic E-state index is 5.92. The molecule has 1 fully saturated rings. The Hall–Kier alpha value is 0.140. The molecule has 0 saturated heterocycles. The van der Waals surface area contributed by atoms with Crippen molar-refractivity contribution in [3.05, 3.63) is 11.1 Å². The Morgan fingerprint density at radius 3 is 2.81 bits per heavy atom. The lowest BCUT2D eigenvalue weighted by Gasteiger charge is -2.31. The van der Waals surface area contributed by atoms with Gasteiger partial charge < -0.3 is 4.90 Å². The van der Waals surface area contributed by atoms with E-state index in [1.807, 2.05) is 0 Å². The molecule has 1 aliphatic carbocycles. The standard InChI is InChI=1S/C11H15ClN2S.ClH/c12-6-9-7-15-10-13-11(8-14(9)10)4-2-1-3-5-11;/h7H,1-6,8H2;1H. The minimum Gasteiger partial charge on any atom is -0.321 e. The molecule has 0 atom stereocenters. The number of nitrogens with zero attached hydrogens (tertiary/aromatic N) is 2. The molecule has 2 nitrogen and oxygen atoms in total. The second-order valence-electron chi connectivity index (χ2n) is 4.63. The summed E-state index contributed by atoms with van der Waals surface area (Å²) >= 11 is 7.67. The zero-order chi connectivity index (χ0) is 10.3. The third-order valence-electron chi connectivity index (χ3n) is 3.58. The number of alkyl halides is 1. The Balaban J connectivity index is 0.000000963. The summed E-state index contributed by atoms with van der Waals surface area (Å²) in [6.07, 6.45) is 6.61. The van der Waals surface area contributed by atoms with E-state index in [1.165, 1.54) is 43.0 Å². The molecule has 0 aromatic rings. The van der Waals surface area contributed by atoms with Gasteiger partial charge in [0.1, 0.15) is 0 Å². The molecule has 2 heterocycles. The van der Waals surface area contributed by atoms with Crippen LogP contribution in [0, 0.1) is 0 Å². The van der Waals surface area contributed by atoms with Crippen LogP contribution in [0.25, 0.3) is 0 Å². The fourth-order valence-electron chi connectivity index (χ4n) is 2.74. The van der Waals surface area contributed by atoms with Crippen LogP contribution in [-0.4, -0.2) is 28.0 Å². The molecule has 0 amide bonds. The van der Waals surface area contributed by atoms with Gasteiger partial charge in [-0.05, 0) is 18.2 Å². The zero-order valence-electron chi connectivity index (χ0n) is 9.12. The number of halogens is 2. The van der Waals surface area contributed by atoms with Crippen LogP contribution >= 0.6 is 35.8 Å². The molecule has 1 spiro atoms. The van der Waals surface area contributed by atoms with Crippen LogP contribution in [0.1, 0.15) is 32.1 Å². The third-order valence-corrected chi connectivity index (χ3v) is 4.77. The zero-order valence-corrected chi connectivity index (χ0v) is 11.5. The van der Waals surface area contributed by atoms with E-state index in [0.717, 1.165) is 6.54 Å². The van der Waals surface area contributed by atoms with Gasteiger partial charge in [-0.1, -0.05) is 31.0 Å². The maximum Gasteiger partial charge on any atom is 0.168 e. The van der Waals surface area contributed by atoms with Crippen LogP contribution in [0.3, 0.4) is 0 Å². The van der Waals surface area contributed by atoms with Crippen LogP contribution in [0.4, 0.5) is 0 Å². The smallest absolute Gasteiger partial charge is 0.168 e. The fraction of sp³-hybridized carbons (Fsp3) is 0.727. The average Bonchev–Trinajstić information content (AvgIpc) is 2.76. The lowest BCUT2D eigenvalue weighted by Crippen LogP contribution is -2.36. The molecular weight excluding hydrogens is 263 g/mol. The predicted octanol–water partition coefficient (Wildman–Crippen LogP) is 3.61. The van der Waals surface area contributed by atoms with Gasteiger partial charge in [0.25, 0.3) is 0 Å². The first-order valence-corrected chi connectivity index (χ1v) is 7.03. The summed E-state index contributed by atoms with van der Waals surface area (Å²) in [6, 6.07) is 0. The first-order chi connectivity index (χ1) is 7.33. The monoisotopic (exact) mass is 278 g/mol. The van der Waals surface area contributed by atoms with Gasteiger partial charge in [0.15, 0.2) is 5.17 Å². The number of amidine groups is 1. The molecule has 90 valence electrons. The van der Waals surface area contributed by atoms with Crippen LogP contribution in [-0.2, 0) is 0 Å². The number of aliphatic imine (C=N–C) groups is 1. The van der Waals surface area contributed by atoms with Crippen LogP contribution in [0.2, 0.25) is 0 Å². The lowest BCUT2D eigenvalue weighted by molar-refractivity contribution is 0.280. The summed E-state index contributed by atoms with van der Waals surface area (Å²) in [6.45, 7) is 1.08. The Morgan fingerprint density at radius 1 is 1.38 bits per heavy atom. The highest BCUT2D eigenvalue weighted by Gasteiger charge is 2.42. The van der Waals surface area contributed by atoms with Gasteiger partial charge in [-0.15, -0.1) is 24.0 Å². The Labute approximate surface area is 112 Å². The molecule has 0 bridgehead atoms. The van der Waals surface area contributed by atoms with Crippen molar-refractivity contribution in [2.24, 2.45) is 4.99 Å². The number of allylic oxidation sites excluding steroid dienone is 1. The molecule has 5 heteroatoms. The van der Waals surface area contributed by atoms with Crippen LogP contribution in [0.15, 0.2) is 16.1 Å². The Kier molecular flexibility index (Phi) is 3.77. The summed E-state index contributed by atoms with van der Waals surface area (Å²) in [7, 11) is 0. The fourth-order valence-corrected chi connectivity index (χ4v) is 4.06. The largest absolute Gasteiger partial charge is 0.321 e. The van der Waals surface area contributed by atoms with Crippen molar-refractivity contribution in [3.8, 4) is 0 Å². The molecule has 0 radical (unpaired) electrons. The average molecular weight is 279 g/mol. The van der Waals surface area contributed by atoms with Gasteiger partial charge in [-0.25, -0.2) is 0 Å². The van der Waals surface area contributed by atoms with Crippen molar-refractivity contribution in [1.29, 1.82) is 0 Å². The number of hydrogen-bond acceptors (Lipinski definition) is 3. The molecule has 0 unspecified atom stereocenters. The van der Waals surface area contributed by atoms with Crippen LogP contribution in [0.5, 0.6) is 0 Å². The van der Waals surface area contributed by atoms with E-state index in [0.29, 0.717) is 5.88 Å². The number of fused-ring (bicyclic) bond motifs is 1. The van der Waals surface area contributed by atoms with Gasteiger partial charge in [-0.2, -0.15) is 0 Å². The number of thioether (sulfide) groups is 1. The van der Waals surface area contributed by atoms with Gasteiger partial charge in [-0.3, -0.25) is 4.99 Å². The van der Waals surface area contributed by atoms with Crippen molar-refractivity contribution in [1.82, 2.24) is 4.90 Å². The highest BCUT2D eigenvalue weighted by Crippen LogP contribution is 2.42. The molecule has 2 aliphatic heterocycles. The molecule has 0 aromatic carbocycles. The van der Waals surface area contributed by atoms with E-state index in [1.54, 1.807) is 11.8 Å². The predicted molar refractivity (Wildman–Crippen MR) is 73.6 cm³/mol. The minimum atomic E-state index is 0. The first-order valence-electron chi connectivity index (χ1n) is 5.62. The van der Waals surface area contributed by atoms with Crippen molar-refractivity contribution in [2.75, 3.05) is 12.4 Å². The quantitative estimate of drug-likeness (QED) is 0.681. The molecule has 3 rings (SSSR count). The van der Waals surface area contributed by atoms with E-state index in [9.17, 15) is 0 Å². The summed E-state index contributed by atoms with van der Waals surface area (Å²) in [5.41, 5.74) is 1.48. The Bertz CT molecular complexity index is 335. The molecule has 0 aromatic heterocycles. The SMILES string of the molecule is Cl.ClCC1=CSC2=NC3(CCCCC3)CN12. The summed E-state index contributed by atoms with van der Waals surface area (Å²) < 4.78 is 0. The van der Waals surface area contributed by atoms with E-state index in [4.69, 9.17) is 16.6 Å². The van der Waals surface area contributed by atoms with Gasteiger partial charge >= 0.3 is 0 Å². The normalized spacial score (nSPS) is 26.2. The molecule has 0 N–H and O–H groups in total. The van der Waals surface area contributed by atoms with Crippen molar-refractivity contribution in [2.45, 2.75) is 37.6 Å². The van der Waals surface area contributed by atoms with Crippen molar-refractivity contribution < 1.29 is 0 Å². The topological polar surface area (TPSA) is 15.6 Å². The molecule has 3 aliphatic rings. The van der Waals surface area contributed by atoms with Gasteiger partial charge in [0, 0.05) is 5.70 Å². The molecule has 1 saturated carbocycles. The number of hydrogen-bond donors (Lipinski definition) is 0. The third kappa shape index (κ3) is 1.98. The van der Waals surface area contributed by atoms with E-state index >= 15 is 0 Å². The van der Waals surface area contributed by atoms with Crippen molar-refractivity contribution in [3.63, 3.8) is 0 Å². The van der Waals surface area contributed by atoms with Gasteiger partial charge in [0.05, 0.1) is 18.0 Å². The first kappa shape index (κ1) is 12.6. The molecule has 16 heavy (non-hydrogen) atoms. The summed E-state index contributed by atoms with van der Waals surface area (Å²) in [5, 5.41) is 3.33.